The molecule has 1 saturated carbocycles. The van der Waals surface area contributed by atoms with Gasteiger partial charge in [0.25, 0.3) is 0 Å². The Bertz CT molecular complexity index is 1890. The number of likely N-dealkylation sites (tertiary alicyclic amines) is 2. The molecular weight excluding hydrogens is 628 g/mol. The van der Waals surface area contributed by atoms with Crippen LogP contribution in [0.25, 0.3) is 22.2 Å². The number of rotatable bonds is 11. The summed E-state index contributed by atoms with van der Waals surface area (Å²) in [5, 5.41) is 14.4. The highest BCUT2D eigenvalue weighted by Gasteiger charge is 2.58. The number of benzene rings is 3. The third-order valence-electron chi connectivity index (χ3n) is 10.5. The number of carbonyl (C=O) groups is 2. The molecule has 3 heterocycles. The monoisotopic (exact) mass is 672 g/mol. The Balaban J connectivity index is 1.25. The maximum atomic E-state index is 14.9. The van der Waals surface area contributed by atoms with E-state index in [1.165, 1.54) is 0 Å². The van der Waals surface area contributed by atoms with Gasteiger partial charge in [-0.25, -0.2) is 4.98 Å². The van der Waals surface area contributed by atoms with Crippen molar-refractivity contribution in [2.24, 2.45) is 5.92 Å². The molecule has 9 nitrogen and oxygen atoms in total. The number of ether oxygens (including phenoxy) is 2. The molecule has 2 aliphatic heterocycles. The molecule has 1 aromatic heterocycles. The average Bonchev–Trinajstić information content (AvgIpc) is 3.71. The van der Waals surface area contributed by atoms with Gasteiger partial charge in [0, 0.05) is 35.4 Å². The number of amides is 2. The molecule has 2 saturated heterocycles. The van der Waals surface area contributed by atoms with E-state index in [2.05, 4.69) is 23.4 Å². The molecule has 3 aliphatic rings. The molecule has 3 aromatic carbocycles. The van der Waals surface area contributed by atoms with Gasteiger partial charge >= 0.3 is 0 Å². The number of aliphatic hydroxyl groups is 1. The molecule has 1 aliphatic carbocycles. The van der Waals surface area contributed by atoms with Crippen LogP contribution in [0.15, 0.2) is 110 Å². The van der Waals surface area contributed by atoms with Crippen LogP contribution >= 0.6 is 0 Å². The second-order valence-electron chi connectivity index (χ2n) is 13.6. The van der Waals surface area contributed by atoms with Crippen molar-refractivity contribution in [3.8, 4) is 22.8 Å². The quantitative estimate of drug-likeness (QED) is 0.136. The fourth-order valence-electron chi connectivity index (χ4n) is 7.61. The van der Waals surface area contributed by atoms with E-state index in [0.717, 1.165) is 54.6 Å². The van der Waals surface area contributed by atoms with Crippen LogP contribution in [0, 0.1) is 5.92 Å². The Morgan fingerprint density at radius 1 is 1.02 bits per heavy atom. The van der Waals surface area contributed by atoms with Gasteiger partial charge in [-0.05, 0) is 50.0 Å². The average molecular weight is 673 g/mol. The van der Waals surface area contributed by atoms with E-state index in [0.29, 0.717) is 23.4 Å². The number of aliphatic hydroxyl groups excluding tert-OH is 1. The molecule has 3 fully saturated rings. The van der Waals surface area contributed by atoms with Gasteiger partial charge in [0.1, 0.15) is 41.0 Å². The summed E-state index contributed by atoms with van der Waals surface area (Å²) in [6.45, 7) is 9.46. The summed E-state index contributed by atoms with van der Waals surface area (Å²) < 4.78 is 12.3. The fraction of sp³-hybridized carbons (Fsp3) is 0.341. The zero-order valence-electron chi connectivity index (χ0n) is 28.5. The summed E-state index contributed by atoms with van der Waals surface area (Å²) >= 11 is 0. The van der Waals surface area contributed by atoms with Crippen molar-refractivity contribution >= 4 is 22.7 Å². The summed E-state index contributed by atoms with van der Waals surface area (Å²) in [7, 11) is 1.62. The SMILES string of the molecule is C=CC1CC1(NC(=O)[C@@H]1C[C@@H](Oc2cc(-c3ccccc3)nc3cc(OC)ccc23)CN1C(=O)[C@H](c1ccccc1)N1CCCCC1)C(=C)O. The van der Waals surface area contributed by atoms with Gasteiger partial charge in [-0.1, -0.05) is 79.7 Å². The zero-order valence-corrected chi connectivity index (χ0v) is 28.5. The molecule has 4 aromatic rings. The van der Waals surface area contributed by atoms with E-state index in [1.807, 2.05) is 84.9 Å². The van der Waals surface area contributed by atoms with E-state index in [9.17, 15) is 14.7 Å². The number of aromatic nitrogens is 1. The van der Waals surface area contributed by atoms with Gasteiger partial charge in [-0.15, -0.1) is 6.58 Å². The summed E-state index contributed by atoms with van der Waals surface area (Å²) in [6, 6.07) is 26.0. The van der Waals surface area contributed by atoms with Crippen molar-refractivity contribution < 1.29 is 24.2 Å². The predicted molar refractivity (Wildman–Crippen MR) is 194 cm³/mol. The van der Waals surface area contributed by atoms with Crippen molar-refractivity contribution in [2.75, 3.05) is 26.7 Å². The summed E-state index contributed by atoms with van der Waals surface area (Å²) in [5.41, 5.74) is 2.30. The molecular formula is C41H44N4O5. The Kier molecular flexibility index (Phi) is 9.33. The number of methoxy groups -OCH3 is 1. The van der Waals surface area contributed by atoms with Gasteiger partial charge in [-0.2, -0.15) is 0 Å². The van der Waals surface area contributed by atoms with Crippen LogP contribution < -0.4 is 14.8 Å². The van der Waals surface area contributed by atoms with Crippen molar-refractivity contribution in [3.63, 3.8) is 0 Å². The van der Waals surface area contributed by atoms with Crippen LogP contribution in [0.3, 0.4) is 0 Å². The van der Waals surface area contributed by atoms with Crippen molar-refractivity contribution in [1.29, 1.82) is 0 Å². The Morgan fingerprint density at radius 2 is 1.74 bits per heavy atom. The molecule has 5 atom stereocenters. The smallest absolute Gasteiger partial charge is 0.245 e. The van der Waals surface area contributed by atoms with Gasteiger partial charge in [0.2, 0.25) is 11.8 Å². The first-order chi connectivity index (χ1) is 24.3. The molecule has 9 heteroatoms. The summed E-state index contributed by atoms with van der Waals surface area (Å²) in [4.78, 5) is 38.0. The highest BCUT2D eigenvalue weighted by Crippen LogP contribution is 2.48. The molecule has 0 radical (unpaired) electrons. The zero-order chi connectivity index (χ0) is 34.8. The second kappa shape index (κ2) is 14.0. The van der Waals surface area contributed by atoms with E-state index in [1.54, 1.807) is 18.1 Å². The first-order valence-electron chi connectivity index (χ1n) is 17.4. The van der Waals surface area contributed by atoms with Gasteiger partial charge in [0.05, 0.1) is 24.9 Å². The van der Waals surface area contributed by atoms with Crippen LogP contribution in [0.1, 0.15) is 43.7 Å². The van der Waals surface area contributed by atoms with Crippen molar-refractivity contribution in [1.82, 2.24) is 20.1 Å². The molecule has 2 N–H and O–H groups in total. The Labute approximate surface area is 293 Å². The number of fused-ring (bicyclic) bond motifs is 1. The second-order valence-corrected chi connectivity index (χ2v) is 13.6. The minimum absolute atomic E-state index is 0.109. The number of hydrogen-bond acceptors (Lipinski definition) is 7. The topological polar surface area (TPSA) is 104 Å². The standard InChI is InChI=1S/C41H44N4O5/c1-4-30-25-41(30,27(2)46)43-39(47)36-23-32(26-45(36)40(48)38(29-16-10-6-11-17-29)44-20-12-7-13-21-44)50-37-24-34(28-14-8-5-9-15-28)42-35-22-31(49-3)18-19-33(35)37/h4-6,8-11,14-19,22,24,30,32,36,38,46H,1-2,7,12-13,20-21,23,25-26H2,3H3,(H,43,47)/t30?,32-,36+,38+,41?/m1/s1. The predicted octanol–water partition coefficient (Wildman–Crippen LogP) is 6.62. The lowest BCUT2D eigenvalue weighted by Crippen LogP contribution is -2.53. The third-order valence-corrected chi connectivity index (χ3v) is 10.5. The molecule has 0 bridgehead atoms. The highest BCUT2D eigenvalue weighted by atomic mass is 16.5. The van der Waals surface area contributed by atoms with Gasteiger partial charge in [0.15, 0.2) is 0 Å². The molecule has 50 heavy (non-hydrogen) atoms. The Morgan fingerprint density at radius 3 is 2.40 bits per heavy atom. The first kappa shape index (κ1) is 33.4. The molecule has 0 spiro atoms. The van der Waals surface area contributed by atoms with Crippen molar-refractivity contribution in [3.05, 3.63) is 115 Å². The number of nitrogens with zero attached hydrogens (tertiary/aromatic N) is 3. The molecule has 258 valence electrons. The Hall–Kier alpha value is -5.15. The highest BCUT2D eigenvalue weighted by molar-refractivity contribution is 5.92. The largest absolute Gasteiger partial charge is 0.510 e. The fourth-order valence-corrected chi connectivity index (χ4v) is 7.61. The molecule has 2 unspecified atom stereocenters. The summed E-state index contributed by atoms with van der Waals surface area (Å²) in [6.07, 6.45) is 5.16. The lowest BCUT2D eigenvalue weighted by molar-refractivity contribution is -0.143. The maximum absolute atomic E-state index is 14.9. The van der Waals surface area contributed by atoms with E-state index >= 15 is 0 Å². The van der Waals surface area contributed by atoms with E-state index in [4.69, 9.17) is 14.5 Å². The van der Waals surface area contributed by atoms with Gasteiger partial charge < -0.3 is 24.8 Å². The minimum atomic E-state index is -0.983. The maximum Gasteiger partial charge on any atom is 0.245 e. The third kappa shape index (κ3) is 6.45. The van der Waals surface area contributed by atoms with E-state index < -0.39 is 23.7 Å². The normalized spacial score (nSPS) is 23.9. The summed E-state index contributed by atoms with van der Waals surface area (Å²) in [5.74, 6) is 0.568. The number of carbonyl (C=O) groups excluding carboxylic acids is 2. The molecule has 7 rings (SSSR count). The number of hydrogen-bond donors (Lipinski definition) is 2. The van der Waals surface area contributed by atoms with Gasteiger partial charge in [-0.3, -0.25) is 14.5 Å². The van der Waals surface area contributed by atoms with Crippen LogP contribution in [0.5, 0.6) is 11.5 Å². The lowest BCUT2D eigenvalue weighted by atomic mass is 10.00. The minimum Gasteiger partial charge on any atom is -0.510 e. The number of nitrogens with one attached hydrogen (secondary N) is 1. The van der Waals surface area contributed by atoms with Crippen LogP contribution in [-0.2, 0) is 9.59 Å². The first-order valence-corrected chi connectivity index (χ1v) is 17.4. The molecule has 2 amide bonds. The number of piperidine rings is 1. The van der Waals surface area contributed by atoms with E-state index in [-0.39, 0.29) is 36.5 Å². The van der Waals surface area contributed by atoms with Crippen LogP contribution in [-0.4, -0.2) is 76.1 Å². The van der Waals surface area contributed by atoms with Crippen LogP contribution in [0.4, 0.5) is 0 Å². The van der Waals surface area contributed by atoms with Crippen molar-refractivity contribution in [2.45, 2.75) is 55.8 Å². The lowest BCUT2D eigenvalue weighted by Gasteiger charge is -2.37. The van der Waals surface area contributed by atoms with Crippen LogP contribution in [0.2, 0.25) is 0 Å². The number of pyridine rings is 1.